The number of pyridine rings is 1. The normalized spacial score (nSPS) is 28.7. The molecule has 31 heavy (non-hydrogen) atoms. The first-order valence-corrected chi connectivity index (χ1v) is 11.8. The van der Waals surface area contributed by atoms with Crippen molar-refractivity contribution in [2.45, 2.75) is 40.2 Å². The first-order chi connectivity index (χ1) is 14.8. The summed E-state index contributed by atoms with van der Waals surface area (Å²) >= 11 is 1.66. The first kappa shape index (κ1) is 20.6. The number of hydrogen-bond donors (Lipinski definition) is 0. The molecule has 6 nitrogen and oxygen atoms in total. The van der Waals surface area contributed by atoms with E-state index in [4.69, 9.17) is 9.26 Å². The quantitative estimate of drug-likeness (QED) is 0.523. The summed E-state index contributed by atoms with van der Waals surface area (Å²) in [5, 5.41) is 7.63. The van der Waals surface area contributed by atoms with E-state index < -0.39 is 0 Å². The highest BCUT2D eigenvalue weighted by Crippen LogP contribution is 2.72. The Morgan fingerprint density at radius 1 is 1.39 bits per heavy atom. The van der Waals surface area contributed by atoms with Gasteiger partial charge >= 0.3 is 5.97 Å². The van der Waals surface area contributed by atoms with Gasteiger partial charge in [-0.1, -0.05) is 25.9 Å². The second-order valence-corrected chi connectivity index (χ2v) is 10.7. The van der Waals surface area contributed by atoms with E-state index >= 15 is 0 Å². The molecular weight excluding hydrogens is 410 g/mol. The third kappa shape index (κ3) is 3.04. The Labute approximate surface area is 186 Å². The number of rotatable bonds is 4. The summed E-state index contributed by atoms with van der Waals surface area (Å²) in [6.45, 7) is 10.7. The first-order valence-electron chi connectivity index (χ1n) is 10.9. The Balaban J connectivity index is 1.44. The fourth-order valence-electron chi connectivity index (χ4n) is 5.76. The van der Waals surface area contributed by atoms with Crippen molar-refractivity contribution in [1.82, 2.24) is 15.0 Å². The molecule has 0 bridgehead atoms. The number of fused-ring (bicyclic) bond motifs is 1. The van der Waals surface area contributed by atoms with Gasteiger partial charge in [-0.05, 0) is 53.0 Å². The van der Waals surface area contributed by atoms with E-state index in [2.05, 4.69) is 54.2 Å². The average molecular weight is 440 g/mol. The fourth-order valence-corrected chi connectivity index (χ4v) is 6.65. The fraction of sp³-hybridized carbons (Fsp3) is 0.542. The lowest BCUT2D eigenvalue weighted by Crippen LogP contribution is -2.47. The van der Waals surface area contributed by atoms with Crippen molar-refractivity contribution in [2.75, 3.05) is 20.2 Å². The van der Waals surface area contributed by atoms with Crippen LogP contribution in [0.1, 0.15) is 45.9 Å². The van der Waals surface area contributed by atoms with Crippen molar-refractivity contribution < 1.29 is 14.1 Å². The lowest BCUT2D eigenvalue weighted by Gasteiger charge is -2.41. The number of carbonyl (C=O) groups is 1. The highest BCUT2D eigenvalue weighted by molar-refractivity contribution is 7.17. The Hall–Kier alpha value is -2.25. The minimum atomic E-state index is -0.113. The minimum Gasteiger partial charge on any atom is -0.469 e. The molecule has 7 heteroatoms. The number of likely N-dealkylation sites (tertiary alicyclic amines) is 1. The molecule has 4 atom stereocenters. The number of methoxy groups -OCH3 is 1. The predicted octanol–water partition coefficient (Wildman–Crippen LogP) is 5.17. The van der Waals surface area contributed by atoms with Crippen molar-refractivity contribution >= 4 is 27.4 Å². The summed E-state index contributed by atoms with van der Waals surface area (Å²) in [6.07, 6.45) is 2.70. The van der Waals surface area contributed by atoms with Gasteiger partial charge in [0.25, 0.3) is 0 Å². The van der Waals surface area contributed by atoms with E-state index in [1.54, 1.807) is 11.3 Å². The van der Waals surface area contributed by atoms with E-state index in [1.165, 1.54) is 7.11 Å². The van der Waals surface area contributed by atoms with E-state index in [1.807, 2.05) is 18.3 Å². The van der Waals surface area contributed by atoms with Gasteiger partial charge in [0.2, 0.25) is 0 Å². The van der Waals surface area contributed by atoms with Gasteiger partial charge in [-0.2, -0.15) is 0 Å². The largest absolute Gasteiger partial charge is 0.469 e. The van der Waals surface area contributed by atoms with Crippen LogP contribution >= 0.6 is 11.3 Å². The van der Waals surface area contributed by atoms with E-state index in [9.17, 15) is 4.79 Å². The molecule has 2 aliphatic rings. The Bertz CT molecular complexity index is 1140. The average Bonchev–Trinajstić information content (AvgIpc) is 3.32. The van der Waals surface area contributed by atoms with Gasteiger partial charge in [-0.15, -0.1) is 11.3 Å². The zero-order valence-corrected chi connectivity index (χ0v) is 19.5. The summed E-state index contributed by atoms with van der Waals surface area (Å²) in [4.78, 5) is 19.4. The molecule has 2 fully saturated rings. The molecule has 1 spiro atoms. The Morgan fingerprint density at radius 3 is 2.87 bits per heavy atom. The van der Waals surface area contributed by atoms with Gasteiger partial charge < -0.3 is 9.26 Å². The smallest absolute Gasteiger partial charge is 0.309 e. The summed E-state index contributed by atoms with van der Waals surface area (Å²) in [6, 6.07) is 6.13. The maximum absolute atomic E-state index is 12.5. The second kappa shape index (κ2) is 7.14. The molecule has 0 N–H and O–H groups in total. The maximum atomic E-state index is 12.5. The van der Waals surface area contributed by atoms with Crippen LogP contribution in [0.5, 0.6) is 0 Å². The number of carbonyl (C=O) groups excluding carboxylic acids is 1. The Morgan fingerprint density at radius 2 is 2.16 bits per heavy atom. The maximum Gasteiger partial charge on any atom is 0.309 e. The highest BCUT2D eigenvalue weighted by Gasteiger charge is 2.70. The van der Waals surface area contributed by atoms with Gasteiger partial charge in [0.15, 0.2) is 5.76 Å². The van der Waals surface area contributed by atoms with E-state index in [0.717, 1.165) is 34.4 Å². The molecule has 3 aromatic heterocycles. The van der Waals surface area contributed by atoms with Crippen molar-refractivity contribution in [3.8, 4) is 11.5 Å². The number of esters is 1. The standard InChI is InChI=1S/C24H29N3O3S/c1-14(18-10-19(30-26-18)20-21-16(6-8-25-20)7-9-31-21)27-12-17(22(28)29-5)11-24(13-27)15(2)23(24,3)4/h6-10,14-15,17H,11-13H2,1-5H3. The van der Waals surface area contributed by atoms with Crippen LogP contribution in [0.15, 0.2) is 34.3 Å². The van der Waals surface area contributed by atoms with Crippen LogP contribution in [0.3, 0.4) is 0 Å². The van der Waals surface area contributed by atoms with Crippen LogP contribution in [-0.4, -0.2) is 41.2 Å². The number of aromatic nitrogens is 2. The van der Waals surface area contributed by atoms with Crippen molar-refractivity contribution in [1.29, 1.82) is 0 Å². The van der Waals surface area contributed by atoms with Gasteiger partial charge in [0, 0.05) is 25.4 Å². The molecule has 4 unspecified atom stereocenters. The van der Waals surface area contributed by atoms with Gasteiger partial charge in [-0.25, -0.2) is 0 Å². The van der Waals surface area contributed by atoms with Gasteiger partial charge in [0.1, 0.15) is 11.4 Å². The molecule has 5 rings (SSSR count). The van der Waals surface area contributed by atoms with Crippen molar-refractivity contribution in [3.05, 3.63) is 35.5 Å². The molecule has 1 aliphatic heterocycles. The SMILES string of the molecule is COC(=O)C1CN(C(C)c2cc(-c3nccc4ccsc34)on2)CC2(C1)C(C)C2(C)C. The summed E-state index contributed by atoms with van der Waals surface area (Å²) in [5.74, 6) is 1.03. The number of piperidine rings is 1. The lowest BCUT2D eigenvalue weighted by atomic mass is 9.80. The number of hydrogen-bond acceptors (Lipinski definition) is 7. The van der Waals surface area contributed by atoms with Crippen LogP contribution in [0, 0.1) is 22.7 Å². The molecule has 0 aromatic carbocycles. The lowest BCUT2D eigenvalue weighted by molar-refractivity contribution is -0.149. The minimum absolute atomic E-state index is 0.0352. The molecule has 4 heterocycles. The summed E-state index contributed by atoms with van der Waals surface area (Å²) in [7, 11) is 1.49. The van der Waals surface area contributed by atoms with Crippen LogP contribution in [0.2, 0.25) is 0 Å². The van der Waals surface area contributed by atoms with E-state index in [0.29, 0.717) is 18.2 Å². The topological polar surface area (TPSA) is 68.5 Å². The highest BCUT2D eigenvalue weighted by atomic mass is 32.1. The third-order valence-corrected chi connectivity index (χ3v) is 9.24. The Kier molecular flexibility index (Phi) is 4.75. The number of thiophene rings is 1. The zero-order valence-electron chi connectivity index (χ0n) is 18.7. The number of ether oxygens (including phenoxy) is 1. The molecule has 0 radical (unpaired) electrons. The molecule has 1 aliphatic carbocycles. The third-order valence-electron chi connectivity index (χ3n) is 8.30. The molecule has 3 aromatic rings. The monoisotopic (exact) mass is 439 g/mol. The van der Waals surface area contributed by atoms with Crippen molar-refractivity contribution in [3.63, 3.8) is 0 Å². The van der Waals surface area contributed by atoms with Gasteiger partial charge in [-0.3, -0.25) is 14.7 Å². The number of nitrogens with zero attached hydrogens (tertiary/aromatic N) is 3. The van der Waals surface area contributed by atoms with Crippen molar-refractivity contribution in [2.24, 2.45) is 22.7 Å². The van der Waals surface area contributed by atoms with Crippen LogP contribution in [-0.2, 0) is 9.53 Å². The van der Waals surface area contributed by atoms with Gasteiger partial charge in [0.05, 0.1) is 23.8 Å². The molecule has 164 valence electrons. The summed E-state index contributed by atoms with van der Waals surface area (Å²) in [5.41, 5.74) is 2.05. The van der Waals surface area contributed by atoms with Crippen LogP contribution in [0.25, 0.3) is 21.5 Å². The second-order valence-electron chi connectivity index (χ2n) is 9.74. The predicted molar refractivity (Wildman–Crippen MR) is 121 cm³/mol. The van der Waals surface area contributed by atoms with E-state index in [-0.39, 0.29) is 28.8 Å². The molecule has 1 saturated carbocycles. The van der Waals surface area contributed by atoms with Crippen LogP contribution in [0.4, 0.5) is 0 Å². The van der Waals surface area contributed by atoms with Crippen LogP contribution < -0.4 is 0 Å². The summed E-state index contributed by atoms with van der Waals surface area (Å²) < 4.78 is 12.0. The molecular formula is C24H29N3O3S. The zero-order chi connectivity index (χ0) is 22.0. The molecule has 1 saturated heterocycles. The molecule has 0 amide bonds.